The van der Waals surface area contributed by atoms with Crippen LogP contribution in [0.3, 0.4) is 0 Å². The number of benzene rings is 2. The van der Waals surface area contributed by atoms with Crippen molar-refractivity contribution in [2.24, 2.45) is 5.92 Å². The highest BCUT2D eigenvalue weighted by Crippen LogP contribution is 2.36. The topological polar surface area (TPSA) is 63.4 Å². The summed E-state index contributed by atoms with van der Waals surface area (Å²) in [6, 6.07) is 15.9. The summed E-state index contributed by atoms with van der Waals surface area (Å²) in [7, 11) is 0. The van der Waals surface area contributed by atoms with E-state index in [-0.39, 0.29) is 17.7 Å². The SMILES string of the molecule is CC(C)C(c1ncc(-c2ccccc2)o1)N1C(=O)c2ccccc2C1=O. The van der Waals surface area contributed by atoms with Gasteiger partial charge in [-0.1, -0.05) is 56.3 Å². The van der Waals surface area contributed by atoms with Crippen LogP contribution in [-0.2, 0) is 0 Å². The van der Waals surface area contributed by atoms with Gasteiger partial charge in [0.1, 0.15) is 6.04 Å². The fourth-order valence-corrected chi connectivity index (χ4v) is 3.31. The molecule has 0 saturated heterocycles. The molecule has 0 aliphatic carbocycles. The predicted molar refractivity (Wildman–Crippen MR) is 96.5 cm³/mol. The number of fused-ring (bicyclic) bond motifs is 1. The lowest BCUT2D eigenvalue weighted by Gasteiger charge is -2.26. The number of nitrogens with zero attached hydrogens (tertiary/aromatic N) is 2. The lowest BCUT2D eigenvalue weighted by Crippen LogP contribution is -2.37. The molecule has 0 radical (unpaired) electrons. The van der Waals surface area contributed by atoms with Crippen molar-refractivity contribution in [3.63, 3.8) is 0 Å². The average molecular weight is 346 g/mol. The fraction of sp³-hybridized carbons (Fsp3) is 0.190. The summed E-state index contributed by atoms with van der Waals surface area (Å²) in [4.78, 5) is 31.3. The molecule has 0 fully saturated rings. The number of aromatic nitrogens is 1. The van der Waals surface area contributed by atoms with Crippen LogP contribution < -0.4 is 0 Å². The van der Waals surface area contributed by atoms with Crippen LogP contribution in [0.25, 0.3) is 11.3 Å². The zero-order valence-electron chi connectivity index (χ0n) is 14.5. The molecule has 4 rings (SSSR count). The standard InChI is InChI=1S/C21H18N2O3/c1-13(2)18(19-22-12-17(26-19)14-8-4-3-5-9-14)23-20(24)15-10-6-7-11-16(15)21(23)25/h3-13,18H,1-2H3. The van der Waals surface area contributed by atoms with Gasteiger partial charge in [-0.15, -0.1) is 0 Å². The van der Waals surface area contributed by atoms with Crippen molar-refractivity contribution in [2.45, 2.75) is 19.9 Å². The molecule has 130 valence electrons. The molecule has 1 aliphatic rings. The number of carbonyl (C=O) groups excluding carboxylic acids is 2. The van der Waals surface area contributed by atoms with E-state index in [0.717, 1.165) is 5.56 Å². The third-order valence-corrected chi connectivity index (χ3v) is 4.57. The molecule has 0 saturated carbocycles. The molecule has 2 heterocycles. The number of oxazole rings is 1. The van der Waals surface area contributed by atoms with Gasteiger partial charge in [0.05, 0.1) is 17.3 Å². The predicted octanol–water partition coefficient (Wildman–Crippen LogP) is 4.33. The normalized spacial score (nSPS) is 14.8. The maximum Gasteiger partial charge on any atom is 0.262 e. The Morgan fingerprint density at radius 2 is 1.46 bits per heavy atom. The van der Waals surface area contributed by atoms with Crippen LogP contribution in [0.4, 0.5) is 0 Å². The first kappa shape index (κ1) is 16.3. The van der Waals surface area contributed by atoms with Crippen molar-refractivity contribution in [1.82, 2.24) is 9.88 Å². The molecule has 5 nitrogen and oxygen atoms in total. The molecule has 0 N–H and O–H groups in total. The van der Waals surface area contributed by atoms with Gasteiger partial charge in [-0.2, -0.15) is 0 Å². The molecule has 1 unspecified atom stereocenters. The third kappa shape index (κ3) is 2.52. The van der Waals surface area contributed by atoms with Gasteiger partial charge in [0.2, 0.25) is 5.89 Å². The molecule has 0 bridgehead atoms. The van der Waals surface area contributed by atoms with E-state index in [1.165, 1.54) is 4.90 Å². The number of rotatable bonds is 4. The Kier molecular flexibility index (Phi) is 3.92. The van der Waals surface area contributed by atoms with Crippen LogP contribution in [0.5, 0.6) is 0 Å². The highest BCUT2D eigenvalue weighted by molar-refractivity contribution is 6.21. The summed E-state index contributed by atoms with van der Waals surface area (Å²) >= 11 is 0. The van der Waals surface area contributed by atoms with Gasteiger partial charge >= 0.3 is 0 Å². The maximum atomic E-state index is 12.8. The van der Waals surface area contributed by atoms with Gasteiger partial charge in [-0.25, -0.2) is 4.98 Å². The molecule has 3 aromatic rings. The Morgan fingerprint density at radius 1 is 0.885 bits per heavy atom. The van der Waals surface area contributed by atoms with Crippen LogP contribution in [0.2, 0.25) is 0 Å². The summed E-state index contributed by atoms with van der Waals surface area (Å²) in [6.07, 6.45) is 1.64. The minimum absolute atomic E-state index is 0.0421. The zero-order chi connectivity index (χ0) is 18.3. The Bertz CT molecular complexity index is 941. The largest absolute Gasteiger partial charge is 0.438 e. The van der Waals surface area contributed by atoms with E-state index >= 15 is 0 Å². The quantitative estimate of drug-likeness (QED) is 0.660. The Morgan fingerprint density at radius 3 is 2.04 bits per heavy atom. The molecule has 5 heteroatoms. The molecule has 1 aliphatic heterocycles. The Hall–Kier alpha value is -3.21. The number of carbonyl (C=O) groups is 2. The molecular weight excluding hydrogens is 328 g/mol. The van der Waals surface area contributed by atoms with Gasteiger partial charge in [0.25, 0.3) is 11.8 Å². The smallest absolute Gasteiger partial charge is 0.262 e. The second kappa shape index (κ2) is 6.26. The van der Waals surface area contributed by atoms with Gasteiger partial charge in [0, 0.05) is 5.56 Å². The molecule has 1 aromatic heterocycles. The zero-order valence-corrected chi connectivity index (χ0v) is 14.5. The second-order valence-electron chi connectivity index (χ2n) is 6.64. The van der Waals surface area contributed by atoms with Gasteiger partial charge in [0.15, 0.2) is 5.76 Å². The first-order chi connectivity index (χ1) is 12.6. The summed E-state index contributed by atoms with van der Waals surface area (Å²) in [5, 5.41) is 0. The minimum atomic E-state index is -0.556. The number of amides is 2. The maximum absolute atomic E-state index is 12.8. The van der Waals surface area contributed by atoms with Crippen LogP contribution in [0, 0.1) is 5.92 Å². The second-order valence-corrected chi connectivity index (χ2v) is 6.64. The van der Waals surface area contributed by atoms with Gasteiger partial charge < -0.3 is 4.42 Å². The highest BCUT2D eigenvalue weighted by atomic mass is 16.4. The molecule has 2 amide bonds. The summed E-state index contributed by atoms with van der Waals surface area (Å²) in [5.74, 6) is 0.336. The van der Waals surface area contributed by atoms with E-state index in [2.05, 4.69) is 4.98 Å². The van der Waals surface area contributed by atoms with Gasteiger partial charge in [-0.3, -0.25) is 14.5 Å². The first-order valence-corrected chi connectivity index (χ1v) is 8.56. The fourth-order valence-electron chi connectivity index (χ4n) is 3.31. The van der Waals surface area contributed by atoms with Crippen molar-refractivity contribution < 1.29 is 14.0 Å². The lowest BCUT2D eigenvalue weighted by atomic mass is 10.0. The van der Waals surface area contributed by atoms with Crippen molar-refractivity contribution in [3.8, 4) is 11.3 Å². The first-order valence-electron chi connectivity index (χ1n) is 8.56. The minimum Gasteiger partial charge on any atom is -0.438 e. The Balaban J connectivity index is 1.73. The lowest BCUT2D eigenvalue weighted by molar-refractivity contribution is 0.0506. The van der Waals surface area contributed by atoms with Crippen molar-refractivity contribution in [1.29, 1.82) is 0 Å². The van der Waals surface area contributed by atoms with E-state index in [1.807, 2.05) is 44.2 Å². The molecule has 1 atom stereocenters. The van der Waals surface area contributed by atoms with Crippen LogP contribution in [-0.4, -0.2) is 21.7 Å². The van der Waals surface area contributed by atoms with E-state index in [1.54, 1.807) is 30.5 Å². The monoisotopic (exact) mass is 346 g/mol. The highest BCUT2D eigenvalue weighted by Gasteiger charge is 2.43. The van der Waals surface area contributed by atoms with E-state index in [4.69, 9.17) is 4.42 Å². The van der Waals surface area contributed by atoms with E-state index in [9.17, 15) is 9.59 Å². The van der Waals surface area contributed by atoms with Crippen LogP contribution >= 0.6 is 0 Å². The van der Waals surface area contributed by atoms with E-state index < -0.39 is 6.04 Å². The number of hydrogen-bond acceptors (Lipinski definition) is 4. The van der Waals surface area contributed by atoms with Crippen LogP contribution in [0.15, 0.2) is 65.2 Å². The molecule has 2 aromatic carbocycles. The van der Waals surface area contributed by atoms with E-state index in [0.29, 0.717) is 22.8 Å². The van der Waals surface area contributed by atoms with Crippen molar-refractivity contribution in [3.05, 3.63) is 77.8 Å². The van der Waals surface area contributed by atoms with Crippen LogP contribution in [0.1, 0.15) is 46.5 Å². The summed E-state index contributed by atoms with van der Waals surface area (Å²) in [5.41, 5.74) is 1.76. The molecule has 26 heavy (non-hydrogen) atoms. The number of imide groups is 1. The third-order valence-electron chi connectivity index (χ3n) is 4.57. The average Bonchev–Trinajstić information content (AvgIpc) is 3.23. The number of hydrogen-bond donors (Lipinski definition) is 0. The molecule has 0 spiro atoms. The summed E-state index contributed by atoms with van der Waals surface area (Å²) < 4.78 is 5.94. The Labute approximate surface area is 151 Å². The van der Waals surface area contributed by atoms with Crippen molar-refractivity contribution >= 4 is 11.8 Å². The van der Waals surface area contributed by atoms with Crippen molar-refractivity contribution in [2.75, 3.05) is 0 Å². The molecular formula is C21H18N2O3. The summed E-state index contributed by atoms with van der Waals surface area (Å²) in [6.45, 7) is 3.89. The van der Waals surface area contributed by atoms with Gasteiger partial charge in [-0.05, 0) is 18.1 Å².